The van der Waals surface area contributed by atoms with Crippen LogP contribution in [-0.4, -0.2) is 27.1 Å². The summed E-state index contributed by atoms with van der Waals surface area (Å²) < 4.78 is 16.0. The summed E-state index contributed by atoms with van der Waals surface area (Å²) in [5.74, 6) is 1.88. The van der Waals surface area contributed by atoms with Crippen molar-refractivity contribution < 1.29 is 19.0 Å². The Labute approximate surface area is 143 Å². The minimum Gasteiger partial charge on any atom is -0.496 e. The molecule has 2 aromatic carbocycles. The van der Waals surface area contributed by atoms with Crippen LogP contribution in [0.2, 0.25) is 0 Å². The van der Waals surface area contributed by atoms with Gasteiger partial charge in [-0.15, -0.1) is 0 Å². The number of Topliss-reactive ketones (excluding diaryl/α,β-unsaturated/α-hetero) is 1. The number of hydrogen-bond acceptors (Lipinski definition) is 4. The van der Waals surface area contributed by atoms with Crippen LogP contribution in [0.4, 0.5) is 0 Å². The van der Waals surface area contributed by atoms with Crippen molar-refractivity contribution in [1.29, 1.82) is 0 Å². The highest BCUT2D eigenvalue weighted by Gasteiger charge is 2.18. The van der Waals surface area contributed by atoms with Crippen LogP contribution in [0.1, 0.15) is 34.8 Å². The molecule has 0 aromatic heterocycles. The normalized spacial score (nSPS) is 10.3. The van der Waals surface area contributed by atoms with Crippen LogP contribution in [0.5, 0.6) is 17.2 Å². The molecule has 0 aliphatic carbocycles. The van der Waals surface area contributed by atoms with Crippen molar-refractivity contribution in [3.63, 3.8) is 0 Å². The molecule has 4 heteroatoms. The number of methoxy groups -OCH3 is 3. The lowest BCUT2D eigenvalue weighted by Crippen LogP contribution is -2.07. The second-order valence-electron chi connectivity index (χ2n) is 5.46. The Hall–Kier alpha value is -2.49. The maximum Gasteiger partial charge on any atom is 0.170 e. The van der Waals surface area contributed by atoms with E-state index in [1.807, 2.05) is 18.2 Å². The Bertz CT molecular complexity index is 685. The third kappa shape index (κ3) is 3.88. The van der Waals surface area contributed by atoms with Gasteiger partial charge in [0.2, 0.25) is 0 Å². The van der Waals surface area contributed by atoms with E-state index in [1.165, 1.54) is 5.56 Å². The summed E-state index contributed by atoms with van der Waals surface area (Å²) in [4.78, 5) is 12.7. The molecule has 0 aliphatic rings. The Morgan fingerprint density at radius 2 is 1.54 bits per heavy atom. The van der Waals surface area contributed by atoms with Crippen molar-refractivity contribution in [2.24, 2.45) is 0 Å². The molecule has 2 rings (SSSR count). The maximum absolute atomic E-state index is 12.7. The minimum atomic E-state index is -0.00625. The van der Waals surface area contributed by atoms with Crippen molar-refractivity contribution in [3.8, 4) is 17.2 Å². The smallest absolute Gasteiger partial charge is 0.170 e. The van der Waals surface area contributed by atoms with E-state index in [2.05, 4.69) is 13.0 Å². The number of ether oxygens (including phenoxy) is 3. The summed E-state index contributed by atoms with van der Waals surface area (Å²) >= 11 is 0. The molecule has 0 saturated heterocycles. The molecule has 0 aliphatic heterocycles. The van der Waals surface area contributed by atoms with Gasteiger partial charge in [-0.05, 0) is 42.2 Å². The number of aryl methyl sites for hydroxylation is 2. The molecular weight excluding hydrogens is 304 g/mol. The van der Waals surface area contributed by atoms with Gasteiger partial charge in [-0.3, -0.25) is 4.79 Å². The molecule has 0 amide bonds. The first-order chi connectivity index (χ1) is 11.6. The fourth-order valence-corrected chi connectivity index (χ4v) is 2.75. The topological polar surface area (TPSA) is 44.8 Å². The van der Waals surface area contributed by atoms with Crippen molar-refractivity contribution >= 4 is 5.78 Å². The molecule has 0 radical (unpaired) electrons. The molecule has 4 nitrogen and oxygen atoms in total. The highest BCUT2D eigenvalue weighted by Crippen LogP contribution is 2.30. The Morgan fingerprint density at radius 3 is 2.08 bits per heavy atom. The van der Waals surface area contributed by atoms with Gasteiger partial charge in [0.25, 0.3) is 0 Å². The van der Waals surface area contributed by atoms with Gasteiger partial charge in [0, 0.05) is 6.42 Å². The lowest BCUT2D eigenvalue weighted by atomic mass is 9.99. The fourth-order valence-electron chi connectivity index (χ4n) is 2.75. The summed E-state index contributed by atoms with van der Waals surface area (Å²) in [6.45, 7) is 2.11. The first-order valence-corrected chi connectivity index (χ1v) is 8.04. The molecule has 2 aromatic rings. The lowest BCUT2D eigenvalue weighted by Gasteiger charge is -2.13. The zero-order valence-corrected chi connectivity index (χ0v) is 14.7. The fraction of sp³-hybridized carbons (Fsp3) is 0.350. The Balaban J connectivity index is 2.23. The zero-order valence-electron chi connectivity index (χ0n) is 14.7. The van der Waals surface area contributed by atoms with Gasteiger partial charge >= 0.3 is 0 Å². The molecule has 24 heavy (non-hydrogen) atoms. The number of rotatable bonds is 8. The number of benzene rings is 2. The van der Waals surface area contributed by atoms with E-state index in [0.29, 0.717) is 29.9 Å². The molecule has 0 fully saturated rings. The summed E-state index contributed by atoms with van der Waals surface area (Å²) in [7, 11) is 4.76. The van der Waals surface area contributed by atoms with Crippen molar-refractivity contribution in [2.75, 3.05) is 21.3 Å². The number of hydrogen-bond donors (Lipinski definition) is 0. The Morgan fingerprint density at radius 1 is 0.917 bits per heavy atom. The maximum atomic E-state index is 12.7. The van der Waals surface area contributed by atoms with E-state index in [1.54, 1.807) is 33.5 Å². The monoisotopic (exact) mass is 328 g/mol. The number of carbonyl (C=O) groups is 1. The number of ketones is 1. The summed E-state index contributed by atoms with van der Waals surface area (Å²) in [6.07, 6.45) is 1.92. The average molecular weight is 328 g/mol. The van der Waals surface area contributed by atoms with Crippen LogP contribution in [0.25, 0.3) is 0 Å². The van der Waals surface area contributed by atoms with E-state index >= 15 is 0 Å². The zero-order chi connectivity index (χ0) is 17.5. The quantitative estimate of drug-likeness (QED) is 0.685. The summed E-state index contributed by atoms with van der Waals surface area (Å²) in [5.41, 5.74) is 2.76. The molecule has 0 bridgehead atoms. The second kappa shape index (κ2) is 8.39. The molecule has 0 unspecified atom stereocenters. The predicted octanol–water partition coefficient (Wildman–Crippen LogP) is 4.09. The molecule has 0 spiro atoms. The first kappa shape index (κ1) is 17.9. The van der Waals surface area contributed by atoms with Gasteiger partial charge in [0.1, 0.15) is 22.8 Å². The van der Waals surface area contributed by atoms with Crippen molar-refractivity contribution in [2.45, 2.75) is 26.2 Å². The van der Waals surface area contributed by atoms with Crippen LogP contribution in [0, 0.1) is 0 Å². The molecule has 0 saturated carbocycles. The van der Waals surface area contributed by atoms with Gasteiger partial charge in [0.15, 0.2) is 5.78 Å². The van der Waals surface area contributed by atoms with Crippen LogP contribution in [0.3, 0.4) is 0 Å². The SMILES string of the molecule is CCc1ccc(OC)c(CCC(=O)c2c(OC)cccc2OC)c1. The third-order valence-corrected chi connectivity index (χ3v) is 4.08. The van der Waals surface area contributed by atoms with Gasteiger partial charge in [-0.1, -0.05) is 25.1 Å². The summed E-state index contributed by atoms with van der Waals surface area (Å²) in [5, 5.41) is 0. The van der Waals surface area contributed by atoms with Crippen LogP contribution in [0.15, 0.2) is 36.4 Å². The largest absolute Gasteiger partial charge is 0.496 e. The van der Waals surface area contributed by atoms with E-state index in [4.69, 9.17) is 14.2 Å². The van der Waals surface area contributed by atoms with E-state index < -0.39 is 0 Å². The summed E-state index contributed by atoms with van der Waals surface area (Å²) in [6, 6.07) is 11.5. The number of carbonyl (C=O) groups excluding carboxylic acids is 1. The molecule has 128 valence electrons. The predicted molar refractivity (Wildman–Crippen MR) is 94.6 cm³/mol. The highest BCUT2D eigenvalue weighted by molar-refractivity contribution is 6.01. The molecule has 0 atom stereocenters. The highest BCUT2D eigenvalue weighted by atomic mass is 16.5. The van der Waals surface area contributed by atoms with Crippen molar-refractivity contribution in [3.05, 3.63) is 53.1 Å². The van der Waals surface area contributed by atoms with Gasteiger partial charge in [-0.25, -0.2) is 0 Å². The van der Waals surface area contributed by atoms with Crippen LogP contribution < -0.4 is 14.2 Å². The second-order valence-corrected chi connectivity index (χ2v) is 5.46. The van der Waals surface area contributed by atoms with Crippen LogP contribution >= 0.6 is 0 Å². The van der Waals surface area contributed by atoms with E-state index in [0.717, 1.165) is 17.7 Å². The standard InChI is InChI=1S/C20H24O4/c1-5-14-9-12-17(22-2)15(13-14)10-11-16(21)20-18(23-3)7-6-8-19(20)24-4/h6-9,12-13H,5,10-11H2,1-4H3. The van der Waals surface area contributed by atoms with Gasteiger partial charge in [0.05, 0.1) is 21.3 Å². The minimum absolute atomic E-state index is 0.00625. The molecule has 0 heterocycles. The van der Waals surface area contributed by atoms with E-state index in [-0.39, 0.29) is 5.78 Å². The lowest BCUT2D eigenvalue weighted by molar-refractivity contribution is 0.0976. The van der Waals surface area contributed by atoms with E-state index in [9.17, 15) is 4.79 Å². The third-order valence-electron chi connectivity index (χ3n) is 4.08. The van der Waals surface area contributed by atoms with Crippen molar-refractivity contribution in [1.82, 2.24) is 0 Å². The first-order valence-electron chi connectivity index (χ1n) is 8.04. The molecular formula is C20H24O4. The molecule has 0 N–H and O–H groups in total. The average Bonchev–Trinajstić information content (AvgIpc) is 2.64. The van der Waals surface area contributed by atoms with Crippen LogP contribution in [-0.2, 0) is 12.8 Å². The van der Waals surface area contributed by atoms with Gasteiger partial charge in [-0.2, -0.15) is 0 Å². The van der Waals surface area contributed by atoms with Gasteiger partial charge < -0.3 is 14.2 Å². The Kier molecular flexibility index (Phi) is 6.24.